The Labute approximate surface area is 126 Å². The van der Waals surface area contributed by atoms with E-state index in [1.165, 1.54) is 0 Å². The molecule has 0 radical (unpaired) electrons. The van der Waals surface area contributed by atoms with Crippen molar-refractivity contribution < 1.29 is 19.1 Å². The predicted octanol–water partition coefficient (Wildman–Crippen LogP) is 0.698. The molecular formula is C15H26N2O4. The molecule has 0 aromatic carbocycles. The monoisotopic (exact) mass is 298 g/mol. The van der Waals surface area contributed by atoms with Crippen LogP contribution in [-0.2, 0) is 19.1 Å². The standard InChI is InChI=1S/C15H26N2O4/c1-5-15(6-2)13(19)17(11(3)12(18)16-15)9-14(20-4)7-8-21-10-14/h11H,5-10H2,1-4H3,(H,16,18). The van der Waals surface area contributed by atoms with Crippen molar-refractivity contribution in [2.45, 2.75) is 57.2 Å². The molecule has 2 heterocycles. The van der Waals surface area contributed by atoms with Crippen LogP contribution >= 0.6 is 0 Å². The van der Waals surface area contributed by atoms with Crippen molar-refractivity contribution in [2.75, 3.05) is 26.9 Å². The van der Waals surface area contributed by atoms with Crippen LogP contribution in [0.15, 0.2) is 0 Å². The number of nitrogens with one attached hydrogen (secondary N) is 1. The summed E-state index contributed by atoms with van der Waals surface area (Å²) in [6.45, 7) is 7.12. The van der Waals surface area contributed by atoms with Crippen LogP contribution in [0.3, 0.4) is 0 Å². The number of rotatable bonds is 5. The van der Waals surface area contributed by atoms with E-state index in [1.54, 1.807) is 18.9 Å². The summed E-state index contributed by atoms with van der Waals surface area (Å²) in [5, 5.41) is 2.91. The van der Waals surface area contributed by atoms with Crippen molar-refractivity contribution in [1.82, 2.24) is 10.2 Å². The van der Waals surface area contributed by atoms with E-state index in [0.717, 1.165) is 6.42 Å². The number of methoxy groups -OCH3 is 1. The summed E-state index contributed by atoms with van der Waals surface area (Å²) >= 11 is 0. The first-order valence-electron chi connectivity index (χ1n) is 7.69. The van der Waals surface area contributed by atoms with Crippen LogP contribution in [0.5, 0.6) is 0 Å². The van der Waals surface area contributed by atoms with Gasteiger partial charge in [-0.2, -0.15) is 0 Å². The molecule has 2 aliphatic rings. The molecule has 2 unspecified atom stereocenters. The lowest BCUT2D eigenvalue weighted by Gasteiger charge is -2.46. The average Bonchev–Trinajstić information content (AvgIpc) is 2.97. The Morgan fingerprint density at radius 2 is 2.05 bits per heavy atom. The van der Waals surface area contributed by atoms with Gasteiger partial charge in [0.05, 0.1) is 13.2 Å². The van der Waals surface area contributed by atoms with E-state index in [-0.39, 0.29) is 11.8 Å². The van der Waals surface area contributed by atoms with Crippen LogP contribution in [0.2, 0.25) is 0 Å². The van der Waals surface area contributed by atoms with E-state index in [9.17, 15) is 9.59 Å². The van der Waals surface area contributed by atoms with Crippen LogP contribution < -0.4 is 5.32 Å². The number of piperazine rings is 1. The number of ether oxygens (including phenoxy) is 2. The van der Waals surface area contributed by atoms with Gasteiger partial charge in [0.15, 0.2) is 0 Å². The van der Waals surface area contributed by atoms with Gasteiger partial charge in [0.2, 0.25) is 11.8 Å². The normalized spacial score (nSPS) is 32.4. The Hall–Kier alpha value is -1.14. The average molecular weight is 298 g/mol. The van der Waals surface area contributed by atoms with Gasteiger partial charge in [-0.25, -0.2) is 0 Å². The molecule has 1 N–H and O–H groups in total. The second-order valence-electron chi connectivity index (χ2n) is 6.08. The topological polar surface area (TPSA) is 67.9 Å². The maximum atomic E-state index is 12.9. The molecule has 2 fully saturated rings. The lowest BCUT2D eigenvalue weighted by Crippen LogP contribution is -2.71. The smallest absolute Gasteiger partial charge is 0.249 e. The molecule has 0 spiro atoms. The lowest BCUT2D eigenvalue weighted by molar-refractivity contribution is -0.159. The molecule has 0 aromatic heterocycles. The number of carbonyl (C=O) groups is 2. The molecule has 120 valence electrons. The zero-order valence-electron chi connectivity index (χ0n) is 13.4. The molecule has 0 bridgehead atoms. The first-order chi connectivity index (χ1) is 9.93. The highest BCUT2D eigenvalue weighted by molar-refractivity contribution is 5.99. The number of carbonyl (C=O) groups excluding carboxylic acids is 2. The zero-order valence-corrected chi connectivity index (χ0v) is 13.4. The fourth-order valence-corrected chi connectivity index (χ4v) is 3.17. The second kappa shape index (κ2) is 5.93. The minimum absolute atomic E-state index is 0.0112. The molecule has 2 saturated heterocycles. The van der Waals surface area contributed by atoms with Gasteiger partial charge in [-0.15, -0.1) is 0 Å². The summed E-state index contributed by atoms with van der Waals surface area (Å²) in [7, 11) is 1.64. The van der Waals surface area contributed by atoms with E-state index in [4.69, 9.17) is 9.47 Å². The molecule has 21 heavy (non-hydrogen) atoms. The van der Waals surface area contributed by atoms with Gasteiger partial charge in [-0.05, 0) is 19.8 Å². The Balaban J connectivity index is 2.26. The van der Waals surface area contributed by atoms with E-state index in [0.29, 0.717) is 32.6 Å². The summed E-state index contributed by atoms with van der Waals surface area (Å²) in [5.41, 5.74) is -1.27. The highest BCUT2D eigenvalue weighted by Crippen LogP contribution is 2.30. The molecule has 0 aromatic rings. The number of hydrogen-bond donors (Lipinski definition) is 1. The minimum atomic E-state index is -0.780. The van der Waals surface area contributed by atoms with Gasteiger partial charge in [-0.1, -0.05) is 13.8 Å². The second-order valence-corrected chi connectivity index (χ2v) is 6.08. The van der Waals surface area contributed by atoms with Crippen LogP contribution in [0.1, 0.15) is 40.0 Å². The quantitative estimate of drug-likeness (QED) is 0.811. The van der Waals surface area contributed by atoms with Crippen molar-refractivity contribution >= 4 is 11.8 Å². The Morgan fingerprint density at radius 3 is 2.52 bits per heavy atom. The van der Waals surface area contributed by atoms with Crippen LogP contribution in [0, 0.1) is 0 Å². The molecule has 2 amide bonds. The van der Waals surface area contributed by atoms with Crippen molar-refractivity contribution in [2.24, 2.45) is 0 Å². The predicted molar refractivity (Wildman–Crippen MR) is 77.8 cm³/mol. The van der Waals surface area contributed by atoms with Gasteiger partial charge in [0.1, 0.15) is 17.2 Å². The van der Waals surface area contributed by atoms with Crippen LogP contribution in [-0.4, -0.2) is 60.8 Å². The van der Waals surface area contributed by atoms with E-state index in [1.807, 2.05) is 13.8 Å². The van der Waals surface area contributed by atoms with Gasteiger partial charge in [-0.3, -0.25) is 9.59 Å². The van der Waals surface area contributed by atoms with Crippen molar-refractivity contribution in [1.29, 1.82) is 0 Å². The maximum absolute atomic E-state index is 12.9. The van der Waals surface area contributed by atoms with Gasteiger partial charge in [0, 0.05) is 20.1 Å². The third kappa shape index (κ3) is 2.66. The largest absolute Gasteiger partial charge is 0.378 e. The minimum Gasteiger partial charge on any atom is -0.378 e. The fourth-order valence-electron chi connectivity index (χ4n) is 3.17. The summed E-state index contributed by atoms with van der Waals surface area (Å²) < 4.78 is 11.0. The first kappa shape index (κ1) is 16.2. The number of amides is 2. The van der Waals surface area contributed by atoms with Gasteiger partial charge in [0.25, 0.3) is 0 Å². The van der Waals surface area contributed by atoms with Crippen LogP contribution in [0.25, 0.3) is 0 Å². The van der Waals surface area contributed by atoms with E-state index < -0.39 is 17.2 Å². The summed E-state index contributed by atoms with van der Waals surface area (Å²) in [4.78, 5) is 26.9. The third-order valence-corrected chi connectivity index (χ3v) is 5.05. The van der Waals surface area contributed by atoms with E-state index in [2.05, 4.69) is 5.32 Å². The van der Waals surface area contributed by atoms with Crippen molar-refractivity contribution in [3.8, 4) is 0 Å². The maximum Gasteiger partial charge on any atom is 0.249 e. The molecular weight excluding hydrogens is 272 g/mol. The highest BCUT2D eigenvalue weighted by Gasteiger charge is 2.50. The number of hydrogen-bond acceptors (Lipinski definition) is 4. The molecule has 0 aliphatic carbocycles. The summed E-state index contributed by atoms with van der Waals surface area (Å²) in [5.74, 6) is -0.105. The molecule has 2 atom stereocenters. The molecule has 6 heteroatoms. The van der Waals surface area contributed by atoms with Gasteiger partial charge >= 0.3 is 0 Å². The van der Waals surface area contributed by atoms with Crippen molar-refractivity contribution in [3.63, 3.8) is 0 Å². The molecule has 2 rings (SSSR count). The van der Waals surface area contributed by atoms with Crippen molar-refractivity contribution in [3.05, 3.63) is 0 Å². The fraction of sp³-hybridized carbons (Fsp3) is 0.867. The molecule has 2 aliphatic heterocycles. The van der Waals surface area contributed by atoms with Crippen LogP contribution in [0.4, 0.5) is 0 Å². The Bertz CT molecular complexity index is 414. The van der Waals surface area contributed by atoms with E-state index >= 15 is 0 Å². The SMILES string of the molecule is CCC1(CC)NC(=O)C(C)N(CC2(OC)CCOC2)C1=O. The highest BCUT2D eigenvalue weighted by atomic mass is 16.5. The third-order valence-electron chi connectivity index (χ3n) is 5.05. The zero-order chi connectivity index (χ0) is 15.7. The lowest BCUT2D eigenvalue weighted by atomic mass is 9.86. The molecule has 0 saturated carbocycles. The Morgan fingerprint density at radius 1 is 1.38 bits per heavy atom. The van der Waals surface area contributed by atoms with Gasteiger partial charge < -0.3 is 19.7 Å². The summed E-state index contributed by atoms with van der Waals surface area (Å²) in [6.07, 6.45) is 1.93. The first-order valence-corrected chi connectivity index (χ1v) is 7.69. The number of nitrogens with zero attached hydrogens (tertiary/aromatic N) is 1. The molecule has 6 nitrogen and oxygen atoms in total. The Kier molecular flexibility index (Phi) is 4.58. The summed E-state index contributed by atoms with van der Waals surface area (Å²) in [6, 6.07) is -0.476.